The molecule has 1 unspecified atom stereocenters. The first-order chi connectivity index (χ1) is 9.13. The van der Waals surface area contributed by atoms with Crippen molar-refractivity contribution in [3.05, 3.63) is 23.8 Å². The van der Waals surface area contributed by atoms with Gasteiger partial charge in [0.15, 0.2) is 11.9 Å². The Morgan fingerprint density at radius 1 is 1.47 bits per heavy atom. The third-order valence-electron chi connectivity index (χ3n) is 3.36. The summed E-state index contributed by atoms with van der Waals surface area (Å²) >= 11 is 0. The highest BCUT2D eigenvalue weighted by Gasteiger charge is 2.25. The molecule has 0 aromatic heterocycles. The van der Waals surface area contributed by atoms with Crippen molar-refractivity contribution in [2.45, 2.75) is 31.9 Å². The molecule has 1 amide bonds. The molecule has 1 aromatic carbocycles. The second kappa shape index (κ2) is 4.66. The van der Waals surface area contributed by atoms with Crippen molar-refractivity contribution in [3.63, 3.8) is 0 Å². The molecule has 1 fully saturated rings. The van der Waals surface area contributed by atoms with Crippen LogP contribution in [0.25, 0.3) is 0 Å². The molecule has 1 aliphatic carbocycles. The molecule has 100 valence electrons. The summed E-state index contributed by atoms with van der Waals surface area (Å²) in [7, 11) is 0. The number of ether oxygens (including phenoxy) is 1. The average molecular weight is 260 g/mol. The van der Waals surface area contributed by atoms with Gasteiger partial charge in [0.05, 0.1) is 12.2 Å². The van der Waals surface area contributed by atoms with Crippen LogP contribution in [0.3, 0.4) is 0 Å². The van der Waals surface area contributed by atoms with Gasteiger partial charge in [0, 0.05) is 11.6 Å². The third-order valence-corrected chi connectivity index (χ3v) is 3.36. The van der Waals surface area contributed by atoms with Crippen molar-refractivity contribution < 1.29 is 14.3 Å². The van der Waals surface area contributed by atoms with E-state index in [2.05, 4.69) is 10.6 Å². The number of benzene rings is 1. The number of hydrogen-bond donors (Lipinski definition) is 2. The van der Waals surface area contributed by atoms with Gasteiger partial charge >= 0.3 is 0 Å². The Morgan fingerprint density at radius 3 is 3.00 bits per heavy atom. The molecular weight excluding hydrogens is 244 g/mol. The molecule has 0 spiro atoms. The summed E-state index contributed by atoms with van der Waals surface area (Å²) in [5.74, 6) is 0.453. The number of carbonyl (C=O) groups excluding carboxylic acids is 2. The molecule has 1 saturated carbocycles. The Morgan fingerprint density at radius 2 is 2.26 bits per heavy atom. The van der Waals surface area contributed by atoms with Crippen molar-refractivity contribution in [1.82, 2.24) is 5.32 Å². The van der Waals surface area contributed by atoms with E-state index < -0.39 is 6.10 Å². The molecule has 0 bridgehead atoms. The summed E-state index contributed by atoms with van der Waals surface area (Å²) in [6.45, 7) is 2.03. The lowest BCUT2D eigenvalue weighted by Gasteiger charge is -2.23. The monoisotopic (exact) mass is 260 g/mol. The van der Waals surface area contributed by atoms with Gasteiger partial charge in [0.2, 0.25) is 0 Å². The zero-order chi connectivity index (χ0) is 13.4. The lowest BCUT2D eigenvalue weighted by molar-refractivity contribution is -0.122. The maximum atomic E-state index is 12.0. The van der Waals surface area contributed by atoms with Gasteiger partial charge in [-0.25, -0.2) is 0 Å². The van der Waals surface area contributed by atoms with E-state index in [1.807, 2.05) is 0 Å². The first-order valence-corrected chi connectivity index (χ1v) is 6.51. The molecule has 3 rings (SSSR count). The minimum atomic E-state index is -0.495. The van der Waals surface area contributed by atoms with Gasteiger partial charge in [-0.1, -0.05) is 0 Å². The Labute approximate surface area is 111 Å². The minimum Gasteiger partial charge on any atom is -0.479 e. The first kappa shape index (κ1) is 12.2. The lowest BCUT2D eigenvalue weighted by Crippen LogP contribution is -2.34. The second-order valence-electron chi connectivity index (χ2n) is 5.04. The topological polar surface area (TPSA) is 67.4 Å². The molecule has 1 aliphatic heterocycles. The van der Waals surface area contributed by atoms with Crippen LogP contribution in [0.4, 0.5) is 5.69 Å². The quantitative estimate of drug-likeness (QED) is 0.802. The largest absolute Gasteiger partial charge is 0.479 e. The summed E-state index contributed by atoms with van der Waals surface area (Å²) in [6, 6.07) is 5.65. The van der Waals surface area contributed by atoms with E-state index in [0.717, 1.165) is 12.8 Å². The SMILES string of the molecule is CC1Oc2ccc(C(=O)CNC3CC3)cc2NC1=O. The Kier molecular flexibility index (Phi) is 2.98. The molecule has 2 N–H and O–H groups in total. The fraction of sp³-hybridized carbons (Fsp3) is 0.429. The maximum Gasteiger partial charge on any atom is 0.265 e. The van der Waals surface area contributed by atoms with Crippen molar-refractivity contribution in [1.29, 1.82) is 0 Å². The van der Waals surface area contributed by atoms with E-state index in [0.29, 0.717) is 29.6 Å². The van der Waals surface area contributed by atoms with Crippen molar-refractivity contribution in [3.8, 4) is 5.75 Å². The van der Waals surface area contributed by atoms with Crippen LogP contribution in [0.5, 0.6) is 5.75 Å². The molecule has 5 heteroatoms. The van der Waals surface area contributed by atoms with Crippen LogP contribution in [0.15, 0.2) is 18.2 Å². The van der Waals surface area contributed by atoms with Crippen molar-refractivity contribution >= 4 is 17.4 Å². The van der Waals surface area contributed by atoms with Crippen LogP contribution in [-0.2, 0) is 4.79 Å². The van der Waals surface area contributed by atoms with E-state index in [1.165, 1.54) is 0 Å². The summed E-state index contributed by atoms with van der Waals surface area (Å²) in [5, 5.41) is 5.93. The van der Waals surface area contributed by atoms with Gasteiger partial charge in [-0.2, -0.15) is 0 Å². The molecule has 1 atom stereocenters. The fourth-order valence-corrected chi connectivity index (χ4v) is 2.01. The first-order valence-electron chi connectivity index (χ1n) is 6.51. The normalized spacial score (nSPS) is 21.3. The summed E-state index contributed by atoms with van der Waals surface area (Å²) in [6.07, 6.45) is 1.81. The highest BCUT2D eigenvalue weighted by molar-refractivity contribution is 6.02. The maximum absolute atomic E-state index is 12.0. The minimum absolute atomic E-state index is 0.0302. The van der Waals surface area contributed by atoms with E-state index in [9.17, 15) is 9.59 Å². The number of fused-ring (bicyclic) bond motifs is 1. The number of hydrogen-bond acceptors (Lipinski definition) is 4. The average Bonchev–Trinajstić information content (AvgIpc) is 3.21. The fourth-order valence-electron chi connectivity index (χ4n) is 2.01. The van der Waals surface area contributed by atoms with Crippen LogP contribution < -0.4 is 15.4 Å². The predicted molar refractivity (Wildman–Crippen MR) is 70.5 cm³/mol. The van der Waals surface area contributed by atoms with Crippen LogP contribution in [0.2, 0.25) is 0 Å². The molecule has 19 heavy (non-hydrogen) atoms. The van der Waals surface area contributed by atoms with E-state index in [4.69, 9.17) is 4.74 Å². The Balaban J connectivity index is 1.74. The number of anilines is 1. The lowest BCUT2D eigenvalue weighted by atomic mass is 10.1. The summed E-state index contributed by atoms with van der Waals surface area (Å²) in [4.78, 5) is 23.5. The number of amides is 1. The molecule has 2 aliphatic rings. The summed E-state index contributed by atoms with van der Waals surface area (Å²) < 4.78 is 5.45. The van der Waals surface area contributed by atoms with Gasteiger partial charge in [-0.05, 0) is 38.0 Å². The van der Waals surface area contributed by atoms with Crippen LogP contribution >= 0.6 is 0 Å². The number of nitrogens with one attached hydrogen (secondary N) is 2. The zero-order valence-corrected chi connectivity index (χ0v) is 10.7. The van der Waals surface area contributed by atoms with Gasteiger partial charge in [0.25, 0.3) is 5.91 Å². The van der Waals surface area contributed by atoms with Gasteiger partial charge in [0.1, 0.15) is 5.75 Å². The number of ketones is 1. The van der Waals surface area contributed by atoms with Crippen molar-refractivity contribution in [2.24, 2.45) is 0 Å². The summed E-state index contributed by atoms with van der Waals surface area (Å²) in [5.41, 5.74) is 1.16. The molecule has 0 saturated heterocycles. The standard InChI is InChI=1S/C14H16N2O3/c1-8-14(18)16-11-6-9(2-5-13(11)19-8)12(17)7-15-10-3-4-10/h2,5-6,8,10,15H,3-4,7H2,1H3,(H,16,18). The molecule has 1 aromatic rings. The number of rotatable bonds is 4. The highest BCUT2D eigenvalue weighted by atomic mass is 16.5. The van der Waals surface area contributed by atoms with Crippen LogP contribution in [0.1, 0.15) is 30.1 Å². The molecule has 5 nitrogen and oxygen atoms in total. The van der Waals surface area contributed by atoms with E-state index in [1.54, 1.807) is 25.1 Å². The zero-order valence-electron chi connectivity index (χ0n) is 10.7. The van der Waals surface area contributed by atoms with Gasteiger partial charge in [-0.3, -0.25) is 9.59 Å². The molecular formula is C14H16N2O3. The van der Waals surface area contributed by atoms with Gasteiger partial charge < -0.3 is 15.4 Å². The number of carbonyl (C=O) groups is 2. The molecule has 0 radical (unpaired) electrons. The predicted octanol–water partition coefficient (Wildman–Crippen LogP) is 1.34. The second-order valence-corrected chi connectivity index (χ2v) is 5.04. The Bertz CT molecular complexity index is 537. The van der Waals surface area contributed by atoms with E-state index in [-0.39, 0.29) is 11.7 Å². The number of Topliss-reactive ketones (excluding diaryl/α,β-unsaturated/α-hetero) is 1. The highest BCUT2D eigenvalue weighted by Crippen LogP contribution is 2.30. The Hall–Kier alpha value is -1.88. The third kappa shape index (κ3) is 2.61. The van der Waals surface area contributed by atoms with Gasteiger partial charge in [-0.15, -0.1) is 0 Å². The van der Waals surface area contributed by atoms with Crippen molar-refractivity contribution in [2.75, 3.05) is 11.9 Å². The van der Waals surface area contributed by atoms with E-state index >= 15 is 0 Å². The molecule has 1 heterocycles. The van der Waals surface area contributed by atoms with Crippen LogP contribution in [-0.4, -0.2) is 30.4 Å². The smallest absolute Gasteiger partial charge is 0.265 e. The van der Waals surface area contributed by atoms with Crippen LogP contribution in [0, 0.1) is 0 Å².